The van der Waals surface area contributed by atoms with Crippen LogP contribution in [0.1, 0.15) is 12.0 Å². The van der Waals surface area contributed by atoms with E-state index >= 15 is 0 Å². The van der Waals surface area contributed by atoms with E-state index in [9.17, 15) is 10.1 Å². The minimum Gasteiger partial charge on any atom is -0.365 e. The Kier molecular flexibility index (Phi) is 6.41. The summed E-state index contributed by atoms with van der Waals surface area (Å²) in [6.07, 6.45) is 1.06. The predicted octanol–water partition coefficient (Wildman–Crippen LogP) is 3.25. The molecular weight excluding hydrogens is 309 g/mol. The zero-order valence-corrected chi connectivity index (χ0v) is 12.4. The minimum atomic E-state index is -0.449. The molecule has 1 aliphatic heterocycles. The van der Waals surface area contributed by atoms with E-state index in [2.05, 4.69) is 10.3 Å². The van der Waals surface area contributed by atoms with Gasteiger partial charge in [-0.2, -0.15) is 0 Å². The van der Waals surface area contributed by atoms with Crippen LogP contribution >= 0.6 is 35.8 Å². The van der Waals surface area contributed by atoms with Gasteiger partial charge in [-0.3, -0.25) is 15.1 Å². The molecule has 1 aliphatic rings. The highest BCUT2D eigenvalue weighted by molar-refractivity contribution is 8.13. The normalized spacial score (nSPS) is 14.1. The Morgan fingerprint density at radius 1 is 1.53 bits per heavy atom. The van der Waals surface area contributed by atoms with Gasteiger partial charge in [-0.15, -0.1) is 12.4 Å². The second-order valence-electron chi connectivity index (χ2n) is 3.79. The Morgan fingerprint density at radius 2 is 2.32 bits per heavy atom. The van der Waals surface area contributed by atoms with E-state index in [4.69, 9.17) is 11.6 Å². The van der Waals surface area contributed by atoms with Crippen molar-refractivity contribution in [2.24, 2.45) is 4.99 Å². The molecule has 0 aromatic heterocycles. The van der Waals surface area contributed by atoms with Crippen molar-refractivity contribution in [2.45, 2.75) is 12.2 Å². The first-order valence-corrected chi connectivity index (χ1v) is 6.87. The molecule has 0 bridgehead atoms. The topological polar surface area (TPSA) is 67.5 Å². The summed E-state index contributed by atoms with van der Waals surface area (Å²) < 4.78 is 0. The fourth-order valence-electron chi connectivity index (χ4n) is 1.52. The first-order valence-electron chi connectivity index (χ1n) is 5.51. The van der Waals surface area contributed by atoms with Gasteiger partial charge in [0.05, 0.1) is 9.95 Å². The number of thioether (sulfide) groups is 1. The van der Waals surface area contributed by atoms with Gasteiger partial charge in [-0.25, -0.2) is 0 Å². The predicted molar refractivity (Wildman–Crippen MR) is 81.6 cm³/mol. The molecule has 0 atom stereocenters. The van der Waals surface area contributed by atoms with E-state index in [1.165, 1.54) is 12.1 Å². The summed E-state index contributed by atoms with van der Waals surface area (Å²) in [7, 11) is 0. The molecule has 0 spiro atoms. The molecule has 2 rings (SSSR count). The van der Waals surface area contributed by atoms with Gasteiger partial charge in [-0.1, -0.05) is 23.4 Å². The fraction of sp³-hybridized carbons (Fsp3) is 0.364. The molecular formula is C11H13Cl2N3O2S. The molecule has 19 heavy (non-hydrogen) atoms. The molecule has 1 aromatic carbocycles. The maximum absolute atomic E-state index is 10.6. The Labute approximate surface area is 126 Å². The van der Waals surface area contributed by atoms with E-state index in [0.717, 1.165) is 30.2 Å². The quantitative estimate of drug-likeness (QED) is 0.685. The first-order chi connectivity index (χ1) is 8.66. The number of nitro benzene ring substituents is 1. The summed E-state index contributed by atoms with van der Waals surface area (Å²) in [6.45, 7) is 1.79. The molecule has 0 fully saturated rings. The second-order valence-corrected chi connectivity index (χ2v) is 5.16. The molecule has 5 nitrogen and oxygen atoms in total. The van der Waals surface area contributed by atoms with E-state index in [1.54, 1.807) is 17.8 Å². The van der Waals surface area contributed by atoms with Gasteiger partial charge < -0.3 is 5.32 Å². The molecule has 0 saturated carbocycles. The second kappa shape index (κ2) is 7.57. The maximum atomic E-state index is 10.6. The molecule has 1 N–H and O–H groups in total. The first kappa shape index (κ1) is 16.1. The lowest BCUT2D eigenvalue weighted by atomic mass is 10.2. The zero-order chi connectivity index (χ0) is 13.0. The number of amidine groups is 1. The van der Waals surface area contributed by atoms with Crippen molar-refractivity contribution in [2.75, 3.05) is 13.1 Å². The van der Waals surface area contributed by atoms with Gasteiger partial charge in [0.15, 0.2) is 5.17 Å². The lowest BCUT2D eigenvalue weighted by Crippen LogP contribution is -2.26. The number of hydrogen-bond acceptors (Lipinski definition) is 5. The Hall–Kier alpha value is -0.980. The Bertz CT molecular complexity index is 497. The van der Waals surface area contributed by atoms with E-state index in [0.29, 0.717) is 10.8 Å². The highest BCUT2D eigenvalue weighted by Crippen LogP contribution is 2.26. The van der Waals surface area contributed by atoms with Gasteiger partial charge in [0, 0.05) is 31.0 Å². The van der Waals surface area contributed by atoms with Crippen molar-refractivity contribution in [3.05, 3.63) is 38.9 Å². The molecule has 104 valence electrons. The van der Waals surface area contributed by atoms with Crippen molar-refractivity contribution < 1.29 is 4.92 Å². The van der Waals surface area contributed by atoms with Crippen LogP contribution in [-0.4, -0.2) is 23.2 Å². The van der Waals surface area contributed by atoms with Crippen LogP contribution in [0.5, 0.6) is 0 Å². The van der Waals surface area contributed by atoms with Crippen molar-refractivity contribution in [3.63, 3.8) is 0 Å². The Balaban J connectivity index is 0.00000180. The highest BCUT2D eigenvalue weighted by atomic mass is 35.5. The summed E-state index contributed by atoms with van der Waals surface area (Å²) in [4.78, 5) is 14.5. The van der Waals surface area contributed by atoms with Crippen LogP contribution in [0, 0.1) is 10.1 Å². The fourth-order valence-corrected chi connectivity index (χ4v) is 2.77. The Morgan fingerprint density at radius 3 is 2.89 bits per heavy atom. The molecule has 8 heteroatoms. The molecule has 0 aliphatic carbocycles. The number of benzene rings is 1. The van der Waals surface area contributed by atoms with Crippen LogP contribution in [0.15, 0.2) is 23.2 Å². The van der Waals surface area contributed by atoms with Crippen molar-refractivity contribution in [3.8, 4) is 0 Å². The number of nitro groups is 1. The average molecular weight is 322 g/mol. The van der Waals surface area contributed by atoms with Gasteiger partial charge in [0.25, 0.3) is 5.69 Å². The van der Waals surface area contributed by atoms with Crippen molar-refractivity contribution >= 4 is 46.6 Å². The summed E-state index contributed by atoms with van der Waals surface area (Å²) in [5.74, 6) is 0.655. The van der Waals surface area contributed by atoms with Crippen molar-refractivity contribution in [1.29, 1.82) is 0 Å². The summed E-state index contributed by atoms with van der Waals surface area (Å²) in [5.41, 5.74) is 0.893. The van der Waals surface area contributed by atoms with Crippen LogP contribution in [0.2, 0.25) is 5.02 Å². The van der Waals surface area contributed by atoms with Gasteiger partial charge in [-0.05, 0) is 18.1 Å². The number of aliphatic imine (C=N–C) groups is 1. The van der Waals surface area contributed by atoms with E-state index in [-0.39, 0.29) is 18.1 Å². The number of nitrogens with one attached hydrogen (secondary N) is 1. The molecule has 0 saturated heterocycles. The molecule has 1 aromatic rings. The number of halogens is 2. The third kappa shape index (κ3) is 4.56. The van der Waals surface area contributed by atoms with E-state index < -0.39 is 4.92 Å². The van der Waals surface area contributed by atoms with Crippen LogP contribution in [0.4, 0.5) is 5.69 Å². The van der Waals surface area contributed by atoms with Crippen LogP contribution < -0.4 is 5.32 Å². The molecule has 0 amide bonds. The largest absolute Gasteiger partial charge is 0.365 e. The molecule has 0 unspecified atom stereocenters. The van der Waals surface area contributed by atoms with Crippen LogP contribution in [-0.2, 0) is 5.75 Å². The minimum absolute atomic E-state index is 0. The molecule has 1 heterocycles. The number of hydrogen-bond donors (Lipinski definition) is 1. The SMILES string of the molecule is Cl.O=[N+]([O-])c1ccc(CSC2=NCCCN2)c(Cl)c1. The third-order valence-electron chi connectivity index (χ3n) is 2.48. The summed E-state index contributed by atoms with van der Waals surface area (Å²) in [6, 6.07) is 4.54. The third-order valence-corrected chi connectivity index (χ3v) is 3.83. The summed E-state index contributed by atoms with van der Waals surface area (Å²) >= 11 is 7.58. The average Bonchev–Trinajstić information content (AvgIpc) is 2.38. The maximum Gasteiger partial charge on any atom is 0.270 e. The van der Waals surface area contributed by atoms with Crippen LogP contribution in [0.25, 0.3) is 0 Å². The lowest BCUT2D eigenvalue weighted by Gasteiger charge is -2.13. The van der Waals surface area contributed by atoms with Crippen molar-refractivity contribution in [1.82, 2.24) is 5.32 Å². The highest BCUT2D eigenvalue weighted by Gasteiger charge is 2.11. The number of rotatable bonds is 3. The zero-order valence-electron chi connectivity index (χ0n) is 9.97. The van der Waals surface area contributed by atoms with Gasteiger partial charge >= 0.3 is 0 Å². The standard InChI is InChI=1S/C11H12ClN3O2S.ClH/c12-10-6-9(15(16)17)3-2-8(10)7-18-11-13-4-1-5-14-11;/h2-3,6H,1,4-5,7H2,(H,13,14);1H. The van der Waals surface area contributed by atoms with Gasteiger partial charge in [0.1, 0.15) is 0 Å². The number of nitrogens with zero attached hydrogens (tertiary/aromatic N) is 2. The lowest BCUT2D eigenvalue weighted by molar-refractivity contribution is -0.384. The smallest absolute Gasteiger partial charge is 0.270 e. The monoisotopic (exact) mass is 321 g/mol. The summed E-state index contributed by atoms with van der Waals surface area (Å²) in [5, 5.41) is 15.1. The number of non-ortho nitro benzene ring substituents is 1. The molecule has 0 radical (unpaired) electrons. The van der Waals surface area contributed by atoms with Gasteiger partial charge in [0.2, 0.25) is 0 Å². The van der Waals surface area contributed by atoms with Crippen LogP contribution in [0.3, 0.4) is 0 Å². The van der Waals surface area contributed by atoms with E-state index in [1.807, 2.05) is 0 Å².